The van der Waals surface area contributed by atoms with Gasteiger partial charge < -0.3 is 9.47 Å². The standard InChI is InChI=1S/C13H18O3/c1-3-16-12-9-7-11(8-10-12)5-4-6-13(14)15-2/h7-10H,3-6H2,1-2H3. The van der Waals surface area contributed by atoms with Crippen molar-refractivity contribution in [1.29, 1.82) is 0 Å². The molecule has 3 nitrogen and oxygen atoms in total. The minimum atomic E-state index is -0.147. The third kappa shape index (κ3) is 4.34. The van der Waals surface area contributed by atoms with E-state index in [1.54, 1.807) is 0 Å². The molecular formula is C13H18O3. The van der Waals surface area contributed by atoms with Crippen LogP contribution >= 0.6 is 0 Å². The highest BCUT2D eigenvalue weighted by molar-refractivity contribution is 5.69. The maximum absolute atomic E-state index is 10.9. The van der Waals surface area contributed by atoms with Crippen LogP contribution in [0, 0.1) is 0 Å². The zero-order valence-corrected chi connectivity index (χ0v) is 9.86. The molecule has 0 amide bonds. The van der Waals surface area contributed by atoms with E-state index >= 15 is 0 Å². The number of hydrogen-bond donors (Lipinski definition) is 0. The van der Waals surface area contributed by atoms with Gasteiger partial charge in [-0.3, -0.25) is 4.79 Å². The highest BCUT2D eigenvalue weighted by Crippen LogP contribution is 2.13. The molecule has 0 fully saturated rings. The first-order chi connectivity index (χ1) is 7.76. The van der Waals surface area contributed by atoms with Crippen LogP contribution in [-0.4, -0.2) is 19.7 Å². The van der Waals surface area contributed by atoms with Gasteiger partial charge in [-0.25, -0.2) is 0 Å². The van der Waals surface area contributed by atoms with Crippen LogP contribution in [0.15, 0.2) is 24.3 Å². The maximum atomic E-state index is 10.9. The van der Waals surface area contributed by atoms with E-state index in [4.69, 9.17) is 4.74 Å². The molecule has 0 spiro atoms. The number of methoxy groups -OCH3 is 1. The zero-order chi connectivity index (χ0) is 11.8. The van der Waals surface area contributed by atoms with E-state index in [1.165, 1.54) is 12.7 Å². The third-order valence-corrected chi connectivity index (χ3v) is 2.31. The Kier molecular flexibility index (Phi) is 5.40. The molecule has 0 radical (unpaired) electrons. The molecule has 1 aromatic rings. The largest absolute Gasteiger partial charge is 0.494 e. The predicted octanol–water partition coefficient (Wildman–Crippen LogP) is 2.58. The Morgan fingerprint density at radius 1 is 1.25 bits per heavy atom. The van der Waals surface area contributed by atoms with Gasteiger partial charge in [-0.2, -0.15) is 0 Å². The molecule has 88 valence electrons. The molecule has 0 bridgehead atoms. The summed E-state index contributed by atoms with van der Waals surface area (Å²) >= 11 is 0. The van der Waals surface area contributed by atoms with Crippen molar-refractivity contribution in [2.45, 2.75) is 26.2 Å². The number of carbonyl (C=O) groups is 1. The zero-order valence-electron chi connectivity index (χ0n) is 9.86. The van der Waals surface area contributed by atoms with Gasteiger partial charge in [0.2, 0.25) is 0 Å². The molecule has 0 aliphatic carbocycles. The average Bonchev–Trinajstić information content (AvgIpc) is 2.31. The lowest BCUT2D eigenvalue weighted by atomic mass is 10.1. The number of esters is 1. The lowest BCUT2D eigenvalue weighted by molar-refractivity contribution is -0.140. The molecule has 16 heavy (non-hydrogen) atoms. The van der Waals surface area contributed by atoms with Gasteiger partial charge in [0.25, 0.3) is 0 Å². The fourth-order valence-corrected chi connectivity index (χ4v) is 1.46. The Balaban J connectivity index is 2.34. The first-order valence-electron chi connectivity index (χ1n) is 5.54. The summed E-state index contributed by atoms with van der Waals surface area (Å²) in [6, 6.07) is 7.97. The fourth-order valence-electron chi connectivity index (χ4n) is 1.46. The number of carbonyl (C=O) groups excluding carboxylic acids is 1. The summed E-state index contributed by atoms with van der Waals surface area (Å²) in [5.41, 5.74) is 1.22. The van der Waals surface area contributed by atoms with Crippen molar-refractivity contribution in [3.63, 3.8) is 0 Å². The molecule has 0 saturated carbocycles. The molecule has 0 saturated heterocycles. The Morgan fingerprint density at radius 3 is 2.50 bits per heavy atom. The van der Waals surface area contributed by atoms with E-state index in [1.807, 2.05) is 31.2 Å². The summed E-state index contributed by atoms with van der Waals surface area (Å²) in [5, 5.41) is 0. The minimum absolute atomic E-state index is 0.147. The van der Waals surface area contributed by atoms with Crippen molar-refractivity contribution >= 4 is 5.97 Å². The van der Waals surface area contributed by atoms with E-state index in [0.29, 0.717) is 13.0 Å². The molecule has 0 unspecified atom stereocenters. The summed E-state index contributed by atoms with van der Waals surface area (Å²) in [7, 11) is 1.42. The van der Waals surface area contributed by atoms with E-state index in [9.17, 15) is 4.79 Å². The fraction of sp³-hybridized carbons (Fsp3) is 0.462. The molecule has 0 heterocycles. The van der Waals surface area contributed by atoms with Gasteiger partial charge in [0.15, 0.2) is 0 Å². The van der Waals surface area contributed by atoms with Gasteiger partial charge in [0.05, 0.1) is 13.7 Å². The van der Waals surface area contributed by atoms with E-state index < -0.39 is 0 Å². The molecule has 0 aliphatic rings. The molecule has 0 N–H and O–H groups in total. The number of benzene rings is 1. The van der Waals surface area contributed by atoms with Crippen molar-refractivity contribution in [2.24, 2.45) is 0 Å². The molecule has 1 aromatic carbocycles. The molecule has 0 aliphatic heterocycles. The Hall–Kier alpha value is -1.51. The van der Waals surface area contributed by atoms with Crippen molar-refractivity contribution in [1.82, 2.24) is 0 Å². The topological polar surface area (TPSA) is 35.5 Å². The van der Waals surface area contributed by atoms with Crippen LogP contribution in [0.5, 0.6) is 5.75 Å². The second-order valence-corrected chi connectivity index (χ2v) is 3.51. The first-order valence-corrected chi connectivity index (χ1v) is 5.54. The van der Waals surface area contributed by atoms with Crippen molar-refractivity contribution in [3.8, 4) is 5.75 Å². The summed E-state index contributed by atoms with van der Waals surface area (Å²) in [4.78, 5) is 10.9. The number of ether oxygens (including phenoxy) is 2. The van der Waals surface area contributed by atoms with Crippen molar-refractivity contribution in [3.05, 3.63) is 29.8 Å². The summed E-state index contributed by atoms with van der Waals surface area (Å²) < 4.78 is 9.93. The number of aryl methyl sites for hydroxylation is 1. The number of rotatable bonds is 6. The highest BCUT2D eigenvalue weighted by Gasteiger charge is 2.00. The third-order valence-electron chi connectivity index (χ3n) is 2.31. The second-order valence-electron chi connectivity index (χ2n) is 3.51. The van der Waals surface area contributed by atoms with E-state index in [2.05, 4.69) is 4.74 Å². The van der Waals surface area contributed by atoms with Gasteiger partial charge in [0, 0.05) is 6.42 Å². The van der Waals surface area contributed by atoms with Crippen LogP contribution in [0.25, 0.3) is 0 Å². The van der Waals surface area contributed by atoms with Gasteiger partial charge in [0.1, 0.15) is 5.75 Å². The summed E-state index contributed by atoms with van der Waals surface area (Å²) in [6.45, 7) is 2.64. The van der Waals surface area contributed by atoms with Crippen LogP contribution in [0.2, 0.25) is 0 Å². The minimum Gasteiger partial charge on any atom is -0.494 e. The average molecular weight is 222 g/mol. The van der Waals surface area contributed by atoms with E-state index in [0.717, 1.165) is 18.6 Å². The Labute approximate surface area is 96.4 Å². The normalized spacial score (nSPS) is 9.88. The van der Waals surface area contributed by atoms with Crippen molar-refractivity contribution in [2.75, 3.05) is 13.7 Å². The molecular weight excluding hydrogens is 204 g/mol. The molecule has 0 atom stereocenters. The molecule has 0 aromatic heterocycles. The van der Waals surface area contributed by atoms with E-state index in [-0.39, 0.29) is 5.97 Å². The van der Waals surface area contributed by atoms with Crippen LogP contribution < -0.4 is 4.74 Å². The summed E-state index contributed by atoms with van der Waals surface area (Å²) in [6.07, 6.45) is 2.19. The van der Waals surface area contributed by atoms with Crippen LogP contribution in [0.3, 0.4) is 0 Å². The predicted molar refractivity (Wildman–Crippen MR) is 62.6 cm³/mol. The van der Waals surface area contributed by atoms with Gasteiger partial charge in [-0.05, 0) is 37.5 Å². The second kappa shape index (κ2) is 6.88. The SMILES string of the molecule is CCOc1ccc(CCCC(=O)OC)cc1. The number of hydrogen-bond acceptors (Lipinski definition) is 3. The first kappa shape index (κ1) is 12.6. The molecule has 3 heteroatoms. The quantitative estimate of drug-likeness (QED) is 0.694. The van der Waals surface area contributed by atoms with Crippen LogP contribution in [0.1, 0.15) is 25.3 Å². The Morgan fingerprint density at radius 2 is 1.94 bits per heavy atom. The maximum Gasteiger partial charge on any atom is 0.305 e. The lowest BCUT2D eigenvalue weighted by Gasteiger charge is -2.04. The smallest absolute Gasteiger partial charge is 0.305 e. The van der Waals surface area contributed by atoms with Gasteiger partial charge in [-0.15, -0.1) is 0 Å². The Bertz CT molecular complexity index is 316. The monoisotopic (exact) mass is 222 g/mol. The van der Waals surface area contributed by atoms with Gasteiger partial charge >= 0.3 is 5.97 Å². The van der Waals surface area contributed by atoms with Crippen molar-refractivity contribution < 1.29 is 14.3 Å². The lowest BCUT2D eigenvalue weighted by Crippen LogP contribution is -2.00. The summed E-state index contributed by atoms with van der Waals surface area (Å²) in [5.74, 6) is 0.741. The van der Waals surface area contributed by atoms with Crippen LogP contribution in [0.4, 0.5) is 0 Å². The highest BCUT2D eigenvalue weighted by atomic mass is 16.5. The molecule has 1 rings (SSSR count). The van der Waals surface area contributed by atoms with Gasteiger partial charge in [-0.1, -0.05) is 12.1 Å². The van der Waals surface area contributed by atoms with Crippen LogP contribution in [-0.2, 0) is 16.0 Å².